The van der Waals surface area contributed by atoms with E-state index < -0.39 is 5.97 Å². The fraction of sp³-hybridized carbons (Fsp3) is 0.417. The molecule has 88 valence electrons. The van der Waals surface area contributed by atoms with E-state index in [0.717, 1.165) is 17.3 Å². The maximum Gasteiger partial charge on any atom is 0.339 e. The van der Waals surface area contributed by atoms with Crippen LogP contribution in [0.25, 0.3) is 0 Å². The maximum absolute atomic E-state index is 11.0. The second-order valence-electron chi connectivity index (χ2n) is 3.66. The summed E-state index contributed by atoms with van der Waals surface area (Å²) in [6.45, 7) is 4.01. The van der Waals surface area contributed by atoms with Crippen LogP contribution in [0.15, 0.2) is 22.7 Å². The predicted molar refractivity (Wildman–Crippen MR) is 66.1 cm³/mol. The molecule has 1 atom stereocenters. The molecule has 0 amide bonds. The first-order chi connectivity index (χ1) is 7.54. The number of benzene rings is 1. The van der Waals surface area contributed by atoms with Gasteiger partial charge in [-0.25, -0.2) is 4.79 Å². The lowest BCUT2D eigenvalue weighted by Crippen LogP contribution is -2.13. The Labute approximate surface area is 104 Å². The summed E-state index contributed by atoms with van der Waals surface area (Å²) in [6.07, 6.45) is 1.95. The molecule has 0 saturated carbocycles. The van der Waals surface area contributed by atoms with Gasteiger partial charge in [0.2, 0.25) is 0 Å². The average molecular weight is 287 g/mol. The molecule has 0 heterocycles. The molecule has 0 aromatic heterocycles. The Hall–Kier alpha value is -1.03. The SMILES string of the molecule is CCCC(C)Oc1cc(Br)ccc1C(=O)O. The van der Waals surface area contributed by atoms with Gasteiger partial charge in [-0.15, -0.1) is 0 Å². The van der Waals surface area contributed by atoms with Crippen molar-refractivity contribution in [2.75, 3.05) is 0 Å². The van der Waals surface area contributed by atoms with Crippen LogP contribution in [0.4, 0.5) is 0 Å². The minimum Gasteiger partial charge on any atom is -0.490 e. The van der Waals surface area contributed by atoms with E-state index in [4.69, 9.17) is 9.84 Å². The van der Waals surface area contributed by atoms with Gasteiger partial charge in [0.25, 0.3) is 0 Å². The van der Waals surface area contributed by atoms with Crippen molar-refractivity contribution in [1.82, 2.24) is 0 Å². The van der Waals surface area contributed by atoms with E-state index in [2.05, 4.69) is 22.9 Å². The van der Waals surface area contributed by atoms with Crippen molar-refractivity contribution >= 4 is 21.9 Å². The number of ether oxygens (including phenoxy) is 1. The van der Waals surface area contributed by atoms with Gasteiger partial charge in [0.15, 0.2) is 0 Å². The molecule has 1 N–H and O–H groups in total. The quantitative estimate of drug-likeness (QED) is 0.897. The summed E-state index contributed by atoms with van der Waals surface area (Å²) in [5, 5.41) is 9.00. The van der Waals surface area contributed by atoms with Crippen LogP contribution in [-0.2, 0) is 0 Å². The highest BCUT2D eigenvalue weighted by Crippen LogP contribution is 2.25. The lowest BCUT2D eigenvalue weighted by Gasteiger charge is -2.15. The zero-order chi connectivity index (χ0) is 12.1. The van der Waals surface area contributed by atoms with E-state index >= 15 is 0 Å². The fourth-order valence-electron chi connectivity index (χ4n) is 1.45. The Morgan fingerprint density at radius 3 is 2.81 bits per heavy atom. The monoisotopic (exact) mass is 286 g/mol. The fourth-order valence-corrected chi connectivity index (χ4v) is 1.79. The van der Waals surface area contributed by atoms with Gasteiger partial charge >= 0.3 is 5.97 Å². The Morgan fingerprint density at radius 2 is 2.25 bits per heavy atom. The third-order valence-corrected chi connectivity index (χ3v) is 2.69. The molecule has 0 aliphatic carbocycles. The maximum atomic E-state index is 11.0. The van der Waals surface area contributed by atoms with E-state index in [9.17, 15) is 4.79 Å². The first kappa shape index (κ1) is 13.0. The molecule has 1 aromatic carbocycles. The van der Waals surface area contributed by atoms with Crippen molar-refractivity contribution in [3.05, 3.63) is 28.2 Å². The molecular weight excluding hydrogens is 272 g/mol. The molecule has 1 unspecified atom stereocenters. The number of aromatic carboxylic acids is 1. The Morgan fingerprint density at radius 1 is 1.56 bits per heavy atom. The number of carboxylic acids is 1. The van der Waals surface area contributed by atoms with Gasteiger partial charge in [-0.1, -0.05) is 29.3 Å². The normalized spacial score (nSPS) is 12.2. The molecule has 1 aromatic rings. The van der Waals surface area contributed by atoms with Crippen LogP contribution in [0.2, 0.25) is 0 Å². The number of hydrogen-bond donors (Lipinski definition) is 1. The van der Waals surface area contributed by atoms with Gasteiger partial charge in [0.1, 0.15) is 11.3 Å². The van der Waals surface area contributed by atoms with Crippen LogP contribution >= 0.6 is 15.9 Å². The molecule has 4 heteroatoms. The van der Waals surface area contributed by atoms with Crippen LogP contribution in [0.3, 0.4) is 0 Å². The van der Waals surface area contributed by atoms with Gasteiger partial charge in [-0.05, 0) is 31.5 Å². The number of carboxylic acid groups (broad SMARTS) is 1. The highest BCUT2D eigenvalue weighted by atomic mass is 79.9. The summed E-state index contributed by atoms with van der Waals surface area (Å²) >= 11 is 3.30. The minimum atomic E-state index is -0.966. The van der Waals surface area contributed by atoms with Crippen molar-refractivity contribution < 1.29 is 14.6 Å². The van der Waals surface area contributed by atoms with Gasteiger partial charge in [0.05, 0.1) is 6.10 Å². The lowest BCUT2D eigenvalue weighted by molar-refractivity contribution is 0.0689. The Bertz CT molecular complexity index is 377. The van der Waals surface area contributed by atoms with E-state index in [1.54, 1.807) is 18.2 Å². The number of hydrogen-bond acceptors (Lipinski definition) is 2. The molecule has 0 bridgehead atoms. The molecule has 3 nitrogen and oxygen atoms in total. The van der Waals surface area contributed by atoms with Crippen molar-refractivity contribution in [2.24, 2.45) is 0 Å². The van der Waals surface area contributed by atoms with Crippen LogP contribution in [-0.4, -0.2) is 17.2 Å². The summed E-state index contributed by atoms with van der Waals surface area (Å²) in [4.78, 5) is 11.0. The number of halogens is 1. The van der Waals surface area contributed by atoms with Gasteiger partial charge in [0, 0.05) is 4.47 Å². The van der Waals surface area contributed by atoms with Crippen molar-refractivity contribution in [3.8, 4) is 5.75 Å². The van der Waals surface area contributed by atoms with Gasteiger partial charge < -0.3 is 9.84 Å². The van der Waals surface area contributed by atoms with E-state index in [-0.39, 0.29) is 11.7 Å². The van der Waals surface area contributed by atoms with E-state index in [1.165, 1.54) is 0 Å². The summed E-state index contributed by atoms with van der Waals surface area (Å²) in [7, 11) is 0. The summed E-state index contributed by atoms with van der Waals surface area (Å²) in [6, 6.07) is 4.93. The highest BCUT2D eigenvalue weighted by Gasteiger charge is 2.13. The standard InChI is InChI=1S/C12H15BrO3/c1-3-4-8(2)16-11-7-9(13)5-6-10(11)12(14)15/h5-8H,3-4H2,1-2H3,(H,14,15). The van der Waals surface area contributed by atoms with Crippen molar-refractivity contribution in [2.45, 2.75) is 32.8 Å². The number of carbonyl (C=O) groups is 1. The molecule has 0 radical (unpaired) electrons. The van der Waals surface area contributed by atoms with Crippen LogP contribution in [0.1, 0.15) is 37.0 Å². The first-order valence-electron chi connectivity index (χ1n) is 5.24. The Balaban J connectivity index is 2.92. The topological polar surface area (TPSA) is 46.5 Å². The third kappa shape index (κ3) is 3.52. The van der Waals surface area contributed by atoms with Crippen molar-refractivity contribution in [3.63, 3.8) is 0 Å². The van der Waals surface area contributed by atoms with E-state index in [0.29, 0.717) is 5.75 Å². The zero-order valence-corrected chi connectivity index (χ0v) is 11.0. The predicted octanol–water partition coefficient (Wildman–Crippen LogP) is 3.71. The largest absolute Gasteiger partial charge is 0.490 e. The Kier molecular flexibility index (Phi) is 4.80. The lowest BCUT2D eigenvalue weighted by atomic mass is 10.2. The molecule has 0 aliphatic heterocycles. The molecule has 16 heavy (non-hydrogen) atoms. The highest BCUT2D eigenvalue weighted by molar-refractivity contribution is 9.10. The van der Waals surface area contributed by atoms with E-state index in [1.807, 2.05) is 6.92 Å². The molecular formula is C12H15BrO3. The average Bonchev–Trinajstić information content (AvgIpc) is 2.17. The molecule has 0 saturated heterocycles. The second kappa shape index (κ2) is 5.89. The second-order valence-corrected chi connectivity index (χ2v) is 4.58. The number of rotatable bonds is 5. The summed E-state index contributed by atoms with van der Waals surface area (Å²) in [5.74, 6) is -0.547. The smallest absolute Gasteiger partial charge is 0.339 e. The summed E-state index contributed by atoms with van der Waals surface area (Å²) < 4.78 is 6.43. The van der Waals surface area contributed by atoms with Crippen LogP contribution in [0, 0.1) is 0 Å². The minimum absolute atomic E-state index is 0.0254. The van der Waals surface area contributed by atoms with Gasteiger partial charge in [-0.3, -0.25) is 0 Å². The summed E-state index contributed by atoms with van der Waals surface area (Å²) in [5.41, 5.74) is 0.200. The molecule has 0 fully saturated rings. The van der Waals surface area contributed by atoms with Gasteiger partial charge in [-0.2, -0.15) is 0 Å². The third-order valence-electron chi connectivity index (χ3n) is 2.20. The molecule has 0 spiro atoms. The molecule has 0 aliphatic rings. The van der Waals surface area contributed by atoms with Crippen LogP contribution < -0.4 is 4.74 Å². The van der Waals surface area contributed by atoms with Crippen LogP contribution in [0.5, 0.6) is 5.75 Å². The van der Waals surface area contributed by atoms with Crippen molar-refractivity contribution in [1.29, 1.82) is 0 Å². The first-order valence-corrected chi connectivity index (χ1v) is 6.03. The zero-order valence-electron chi connectivity index (χ0n) is 9.37. The molecule has 1 rings (SSSR count).